The number of carbonyl (C=O) groups excluding carboxylic acids is 2. The zero-order valence-corrected chi connectivity index (χ0v) is 17.4. The normalized spacial score (nSPS) is 21.6. The van der Waals surface area contributed by atoms with E-state index in [0.717, 1.165) is 0 Å². The molecule has 0 bridgehead atoms. The first-order valence-corrected chi connectivity index (χ1v) is 10.4. The molecule has 0 aliphatic carbocycles. The van der Waals surface area contributed by atoms with Crippen LogP contribution in [0, 0.1) is 5.92 Å². The van der Waals surface area contributed by atoms with Gasteiger partial charge in [0.05, 0.1) is 26.0 Å². The highest BCUT2D eigenvalue weighted by atomic mass is 32.2. The second kappa shape index (κ2) is 8.34. The molecule has 2 unspecified atom stereocenters. The summed E-state index contributed by atoms with van der Waals surface area (Å²) in [4.78, 5) is 40.4. The zero-order valence-electron chi connectivity index (χ0n) is 16.5. The lowest BCUT2D eigenvalue weighted by Crippen LogP contribution is -2.49. The topological polar surface area (TPSA) is 99.4 Å². The van der Waals surface area contributed by atoms with Crippen molar-refractivity contribution in [1.82, 2.24) is 19.5 Å². The zero-order chi connectivity index (χ0) is 20.3. The number of aromatic nitrogens is 4. The summed E-state index contributed by atoms with van der Waals surface area (Å²) in [5, 5.41) is 0. The van der Waals surface area contributed by atoms with Gasteiger partial charge in [-0.05, 0) is 19.6 Å². The summed E-state index contributed by atoms with van der Waals surface area (Å²) in [5.41, 5.74) is 0.0752. The van der Waals surface area contributed by atoms with Gasteiger partial charge in [-0.1, -0.05) is 0 Å². The molecule has 0 spiro atoms. The van der Waals surface area contributed by atoms with Crippen LogP contribution in [0.2, 0.25) is 0 Å². The SMILES string of the molecule is CCOC(=O)CC1CSCC1(C(=O)OCC)n1cnc2c(N(C)C)ncnc21. The fourth-order valence-electron chi connectivity index (χ4n) is 3.55. The van der Waals surface area contributed by atoms with Gasteiger partial charge in [-0.15, -0.1) is 0 Å². The molecular weight excluding hydrogens is 382 g/mol. The number of anilines is 1. The van der Waals surface area contributed by atoms with Crippen molar-refractivity contribution in [1.29, 1.82) is 0 Å². The third-order valence-corrected chi connectivity index (χ3v) is 6.11. The maximum Gasteiger partial charge on any atom is 0.333 e. The predicted octanol–water partition coefficient (Wildman–Crippen LogP) is 1.47. The number of thioether (sulfide) groups is 1. The van der Waals surface area contributed by atoms with Crippen molar-refractivity contribution in [2.24, 2.45) is 5.92 Å². The maximum atomic E-state index is 13.2. The lowest BCUT2D eigenvalue weighted by molar-refractivity contribution is -0.156. The minimum Gasteiger partial charge on any atom is -0.466 e. The first kappa shape index (κ1) is 20.4. The molecule has 0 amide bonds. The molecule has 0 radical (unpaired) electrons. The largest absolute Gasteiger partial charge is 0.466 e. The molecule has 152 valence electrons. The third-order valence-electron chi connectivity index (χ3n) is 4.83. The fourth-order valence-corrected chi connectivity index (χ4v) is 5.15. The molecular formula is C18H25N5O4S. The second-order valence-electron chi connectivity index (χ2n) is 6.74. The van der Waals surface area contributed by atoms with E-state index in [1.807, 2.05) is 19.0 Å². The second-order valence-corrected chi connectivity index (χ2v) is 7.77. The Balaban J connectivity index is 2.13. The van der Waals surface area contributed by atoms with Gasteiger partial charge in [0, 0.05) is 25.8 Å². The summed E-state index contributed by atoms with van der Waals surface area (Å²) < 4.78 is 12.3. The van der Waals surface area contributed by atoms with Gasteiger partial charge in [-0.2, -0.15) is 11.8 Å². The van der Waals surface area contributed by atoms with Crippen LogP contribution in [0.25, 0.3) is 11.2 Å². The molecule has 2 aromatic heterocycles. The van der Waals surface area contributed by atoms with Gasteiger partial charge < -0.3 is 14.4 Å². The van der Waals surface area contributed by atoms with Crippen LogP contribution in [0.15, 0.2) is 12.7 Å². The van der Waals surface area contributed by atoms with Gasteiger partial charge in [0.2, 0.25) is 0 Å². The van der Waals surface area contributed by atoms with Crippen LogP contribution in [0.3, 0.4) is 0 Å². The quantitative estimate of drug-likeness (QED) is 0.632. The van der Waals surface area contributed by atoms with Gasteiger partial charge in [-0.3, -0.25) is 9.36 Å². The summed E-state index contributed by atoms with van der Waals surface area (Å²) in [7, 11) is 3.74. The minimum absolute atomic E-state index is 0.130. The van der Waals surface area contributed by atoms with E-state index in [9.17, 15) is 9.59 Å². The Morgan fingerprint density at radius 2 is 2.00 bits per heavy atom. The molecule has 1 saturated heterocycles. The van der Waals surface area contributed by atoms with Crippen LogP contribution >= 0.6 is 11.8 Å². The Morgan fingerprint density at radius 3 is 2.68 bits per heavy atom. The average molecular weight is 407 g/mol. The van der Waals surface area contributed by atoms with Crippen molar-refractivity contribution in [3.8, 4) is 0 Å². The van der Waals surface area contributed by atoms with Crippen LogP contribution in [0.5, 0.6) is 0 Å². The summed E-state index contributed by atoms with van der Waals surface area (Å²) >= 11 is 1.61. The Labute approximate surface area is 167 Å². The molecule has 3 rings (SSSR count). The molecule has 1 aliphatic rings. The number of hydrogen-bond donors (Lipinski definition) is 0. The monoisotopic (exact) mass is 407 g/mol. The number of carbonyl (C=O) groups is 2. The van der Waals surface area contributed by atoms with Crippen LogP contribution in [0.4, 0.5) is 5.82 Å². The molecule has 28 heavy (non-hydrogen) atoms. The van der Waals surface area contributed by atoms with E-state index >= 15 is 0 Å². The number of rotatable bonds is 7. The van der Waals surface area contributed by atoms with E-state index in [-0.39, 0.29) is 30.9 Å². The van der Waals surface area contributed by atoms with Gasteiger partial charge in [0.25, 0.3) is 0 Å². The Morgan fingerprint density at radius 1 is 1.25 bits per heavy atom. The first-order chi connectivity index (χ1) is 13.5. The first-order valence-electron chi connectivity index (χ1n) is 9.22. The van der Waals surface area contributed by atoms with Crippen molar-refractivity contribution in [2.75, 3.05) is 43.7 Å². The minimum atomic E-state index is -1.07. The Kier molecular flexibility index (Phi) is 6.07. The Hall–Kier alpha value is -2.36. The van der Waals surface area contributed by atoms with Gasteiger partial charge in [0.15, 0.2) is 22.5 Å². The van der Waals surface area contributed by atoms with E-state index in [1.165, 1.54) is 6.33 Å². The molecule has 10 heteroatoms. The summed E-state index contributed by atoms with van der Waals surface area (Å²) in [6, 6.07) is 0. The van der Waals surface area contributed by atoms with E-state index < -0.39 is 5.54 Å². The van der Waals surface area contributed by atoms with Crippen molar-refractivity contribution in [3.63, 3.8) is 0 Å². The van der Waals surface area contributed by atoms with E-state index in [2.05, 4.69) is 15.0 Å². The van der Waals surface area contributed by atoms with Crippen molar-refractivity contribution >= 4 is 40.7 Å². The summed E-state index contributed by atoms with van der Waals surface area (Å²) in [5.74, 6) is 0.794. The van der Waals surface area contributed by atoms with Crippen molar-refractivity contribution in [2.45, 2.75) is 25.8 Å². The van der Waals surface area contributed by atoms with E-state index in [0.29, 0.717) is 35.1 Å². The molecule has 1 aliphatic heterocycles. The lowest BCUT2D eigenvalue weighted by atomic mass is 9.84. The predicted molar refractivity (Wildman–Crippen MR) is 106 cm³/mol. The molecule has 2 atom stereocenters. The van der Waals surface area contributed by atoms with E-state index in [1.54, 1.807) is 36.5 Å². The number of ether oxygens (including phenoxy) is 2. The highest BCUT2D eigenvalue weighted by molar-refractivity contribution is 7.99. The average Bonchev–Trinajstić information content (AvgIpc) is 3.26. The molecule has 0 aromatic carbocycles. The third kappa shape index (κ3) is 3.41. The smallest absolute Gasteiger partial charge is 0.333 e. The molecule has 1 fully saturated rings. The van der Waals surface area contributed by atoms with E-state index in [4.69, 9.17) is 9.47 Å². The van der Waals surface area contributed by atoms with Crippen LogP contribution in [0.1, 0.15) is 20.3 Å². The van der Waals surface area contributed by atoms with Crippen molar-refractivity contribution < 1.29 is 19.1 Å². The molecule has 3 heterocycles. The lowest BCUT2D eigenvalue weighted by Gasteiger charge is -2.33. The number of imidazole rings is 1. The van der Waals surface area contributed by atoms with Gasteiger partial charge in [-0.25, -0.2) is 19.7 Å². The molecule has 0 saturated carbocycles. The Bertz CT molecular complexity index is 871. The van der Waals surface area contributed by atoms with Crippen molar-refractivity contribution in [3.05, 3.63) is 12.7 Å². The van der Waals surface area contributed by atoms with Gasteiger partial charge >= 0.3 is 11.9 Å². The standard InChI is InChI=1S/C18H25N5O4S/c1-5-26-13(24)7-12-8-28-9-18(12,17(25)27-6-2)23-11-21-14-15(22(3)4)19-10-20-16(14)23/h10-12H,5-9H2,1-4H3. The number of esters is 2. The number of hydrogen-bond acceptors (Lipinski definition) is 9. The number of nitrogens with zero attached hydrogens (tertiary/aromatic N) is 5. The van der Waals surface area contributed by atoms with Crippen LogP contribution in [-0.4, -0.2) is 70.3 Å². The highest BCUT2D eigenvalue weighted by Crippen LogP contribution is 2.44. The number of fused-ring (bicyclic) bond motifs is 1. The molecule has 0 N–H and O–H groups in total. The summed E-state index contributed by atoms with van der Waals surface area (Å²) in [6.45, 7) is 4.09. The van der Waals surface area contributed by atoms with Crippen LogP contribution < -0.4 is 4.90 Å². The van der Waals surface area contributed by atoms with Crippen LogP contribution in [-0.2, 0) is 24.6 Å². The van der Waals surface area contributed by atoms with Gasteiger partial charge in [0.1, 0.15) is 6.33 Å². The summed E-state index contributed by atoms with van der Waals surface area (Å²) in [6.07, 6.45) is 3.19. The highest BCUT2D eigenvalue weighted by Gasteiger charge is 2.54. The molecule has 2 aromatic rings. The molecule has 9 nitrogen and oxygen atoms in total. The maximum absolute atomic E-state index is 13.2. The fraction of sp³-hybridized carbons (Fsp3) is 0.611.